The Hall–Kier alpha value is -2.48. The van der Waals surface area contributed by atoms with Crippen LogP contribution in [0.3, 0.4) is 0 Å². The highest BCUT2D eigenvalue weighted by Crippen LogP contribution is 2.30. The normalized spacial score (nSPS) is 13.9. The lowest BCUT2D eigenvalue weighted by atomic mass is 10.0. The summed E-state index contributed by atoms with van der Waals surface area (Å²) in [6.45, 7) is 0.459. The van der Waals surface area contributed by atoms with Crippen LogP contribution in [0.15, 0.2) is 48.0 Å². The van der Waals surface area contributed by atoms with Crippen LogP contribution in [-0.2, 0) is 6.54 Å². The summed E-state index contributed by atoms with van der Waals surface area (Å²) in [5, 5.41) is 10.2. The summed E-state index contributed by atoms with van der Waals surface area (Å²) in [6, 6.07) is 11.2. The number of hydrogen-bond donors (Lipinski definition) is 1. The Balaban J connectivity index is 1.71. The van der Waals surface area contributed by atoms with Gasteiger partial charge in [0.2, 0.25) is 0 Å². The quantitative estimate of drug-likeness (QED) is 0.556. The van der Waals surface area contributed by atoms with Gasteiger partial charge in [-0.05, 0) is 61.1 Å². The highest BCUT2D eigenvalue weighted by molar-refractivity contribution is 7.19. The topological polar surface area (TPSA) is 42.2 Å². The van der Waals surface area contributed by atoms with Gasteiger partial charge in [-0.2, -0.15) is 0 Å². The van der Waals surface area contributed by atoms with E-state index in [2.05, 4.69) is 17.9 Å². The van der Waals surface area contributed by atoms with Crippen LogP contribution in [0.4, 0.5) is 0 Å². The van der Waals surface area contributed by atoms with Gasteiger partial charge in [0, 0.05) is 11.6 Å². The Morgan fingerprint density at radius 3 is 2.85 bits per heavy atom. The second kappa shape index (κ2) is 7.64. The lowest BCUT2D eigenvalue weighted by Crippen LogP contribution is -2.09. The minimum absolute atomic E-state index is 0.283. The molecule has 0 bridgehead atoms. The first-order valence-corrected chi connectivity index (χ1v) is 10.1. The number of benzene rings is 1. The van der Waals surface area contributed by atoms with Crippen molar-refractivity contribution in [2.75, 3.05) is 0 Å². The standard InChI is InChI=1S/C22H18ClNO2S/c23-17-8-4-7-16(11-17)14-24-19-12-18(10-9-15-5-2-1-3-6-15)27-21(19)13-20(24)22(25)26/h4-5,7-8,11-13H,1-3,6,14H2,(H,25,26). The van der Waals surface area contributed by atoms with Crippen molar-refractivity contribution >= 4 is 39.1 Å². The third kappa shape index (κ3) is 3.95. The highest BCUT2D eigenvalue weighted by atomic mass is 35.5. The predicted molar refractivity (Wildman–Crippen MR) is 111 cm³/mol. The van der Waals surface area contributed by atoms with E-state index in [0.29, 0.717) is 11.6 Å². The molecule has 0 aliphatic heterocycles. The van der Waals surface area contributed by atoms with Crippen LogP contribution in [0.25, 0.3) is 10.2 Å². The van der Waals surface area contributed by atoms with Crippen LogP contribution in [0, 0.1) is 11.8 Å². The average molecular weight is 396 g/mol. The summed E-state index contributed by atoms with van der Waals surface area (Å²) in [7, 11) is 0. The Bertz CT molecular complexity index is 1110. The molecule has 1 aliphatic rings. The first kappa shape index (κ1) is 17.9. The number of hydrogen-bond acceptors (Lipinski definition) is 2. The van der Waals surface area contributed by atoms with Crippen LogP contribution in [0.5, 0.6) is 0 Å². The number of aromatic carboxylic acids is 1. The fraction of sp³-hybridized carbons (Fsp3) is 0.227. The molecule has 4 rings (SSSR count). The van der Waals surface area contributed by atoms with E-state index in [9.17, 15) is 9.90 Å². The van der Waals surface area contributed by atoms with E-state index in [0.717, 1.165) is 33.5 Å². The Labute approximate surface area is 166 Å². The summed E-state index contributed by atoms with van der Waals surface area (Å²) < 4.78 is 2.77. The number of aromatic nitrogens is 1. The van der Waals surface area contributed by atoms with Gasteiger partial charge in [-0.1, -0.05) is 41.7 Å². The molecule has 0 fully saturated rings. The largest absolute Gasteiger partial charge is 0.477 e. The maximum atomic E-state index is 11.7. The van der Waals surface area contributed by atoms with Gasteiger partial charge < -0.3 is 9.67 Å². The predicted octanol–water partition coefficient (Wildman–Crippen LogP) is 5.95. The van der Waals surface area contributed by atoms with Crippen molar-refractivity contribution in [3.63, 3.8) is 0 Å². The molecule has 3 nitrogen and oxygen atoms in total. The first-order chi connectivity index (χ1) is 13.1. The highest BCUT2D eigenvalue weighted by Gasteiger charge is 2.17. The van der Waals surface area contributed by atoms with Crippen molar-refractivity contribution in [1.29, 1.82) is 0 Å². The fourth-order valence-electron chi connectivity index (χ4n) is 3.36. The zero-order valence-corrected chi connectivity index (χ0v) is 16.2. The minimum atomic E-state index is -0.930. The summed E-state index contributed by atoms with van der Waals surface area (Å²) in [4.78, 5) is 12.6. The number of halogens is 1. The van der Waals surface area contributed by atoms with Crippen LogP contribution >= 0.6 is 22.9 Å². The van der Waals surface area contributed by atoms with Crippen LogP contribution in [0.1, 0.15) is 46.6 Å². The molecule has 2 aromatic heterocycles. The SMILES string of the molecule is O=C(O)c1cc2sc(C#CC3=CCCCC3)cc2n1Cc1cccc(Cl)c1. The van der Waals surface area contributed by atoms with E-state index < -0.39 is 5.97 Å². The molecule has 0 saturated carbocycles. The monoisotopic (exact) mass is 395 g/mol. The maximum absolute atomic E-state index is 11.7. The molecule has 0 atom stereocenters. The van der Waals surface area contributed by atoms with E-state index in [1.165, 1.54) is 18.4 Å². The van der Waals surface area contributed by atoms with E-state index in [1.807, 2.05) is 34.9 Å². The third-order valence-corrected chi connectivity index (χ3v) is 5.90. The number of fused-ring (bicyclic) bond motifs is 1. The molecule has 0 radical (unpaired) electrons. The first-order valence-electron chi connectivity index (χ1n) is 8.92. The lowest BCUT2D eigenvalue weighted by molar-refractivity contribution is 0.0686. The zero-order chi connectivity index (χ0) is 18.8. The molecule has 5 heteroatoms. The van der Waals surface area contributed by atoms with Crippen molar-refractivity contribution in [2.24, 2.45) is 0 Å². The number of nitrogens with zero attached hydrogens (tertiary/aromatic N) is 1. The minimum Gasteiger partial charge on any atom is -0.477 e. The number of thiophene rings is 1. The van der Waals surface area contributed by atoms with Gasteiger partial charge in [-0.15, -0.1) is 11.3 Å². The molecule has 2 heterocycles. The number of allylic oxidation sites excluding steroid dienone is 2. The van der Waals surface area contributed by atoms with Crippen LogP contribution in [0.2, 0.25) is 5.02 Å². The van der Waals surface area contributed by atoms with Crippen LogP contribution in [-0.4, -0.2) is 15.6 Å². The van der Waals surface area contributed by atoms with Gasteiger partial charge in [0.15, 0.2) is 0 Å². The molecule has 3 aromatic rings. The van der Waals surface area contributed by atoms with Crippen molar-refractivity contribution < 1.29 is 9.90 Å². The zero-order valence-electron chi connectivity index (χ0n) is 14.7. The molecule has 27 heavy (non-hydrogen) atoms. The molecule has 0 spiro atoms. The van der Waals surface area contributed by atoms with Crippen molar-refractivity contribution in [2.45, 2.75) is 32.2 Å². The van der Waals surface area contributed by atoms with E-state index >= 15 is 0 Å². The second-order valence-electron chi connectivity index (χ2n) is 6.64. The van der Waals surface area contributed by atoms with Gasteiger partial charge >= 0.3 is 5.97 Å². The summed E-state index contributed by atoms with van der Waals surface area (Å²) >= 11 is 7.62. The number of carboxylic acids is 1. The molecule has 1 aromatic carbocycles. The molecule has 136 valence electrons. The second-order valence-corrected chi connectivity index (χ2v) is 8.16. The van der Waals surface area contributed by atoms with Crippen molar-refractivity contribution in [3.8, 4) is 11.8 Å². The fourth-order valence-corrected chi connectivity index (χ4v) is 4.53. The number of rotatable bonds is 3. The molecule has 0 amide bonds. The Morgan fingerprint density at radius 1 is 1.22 bits per heavy atom. The molecule has 0 unspecified atom stereocenters. The van der Waals surface area contributed by atoms with Crippen molar-refractivity contribution in [1.82, 2.24) is 4.57 Å². The maximum Gasteiger partial charge on any atom is 0.352 e. The van der Waals surface area contributed by atoms with Crippen molar-refractivity contribution in [3.05, 3.63) is 69.2 Å². The Morgan fingerprint density at radius 2 is 2.11 bits per heavy atom. The molecular weight excluding hydrogens is 378 g/mol. The van der Waals surface area contributed by atoms with E-state index in [-0.39, 0.29) is 5.69 Å². The molecule has 1 N–H and O–H groups in total. The third-order valence-electron chi connectivity index (χ3n) is 4.68. The summed E-state index contributed by atoms with van der Waals surface area (Å²) in [5.74, 6) is 5.61. The summed E-state index contributed by atoms with van der Waals surface area (Å²) in [5.41, 5.74) is 3.37. The number of carboxylic acid groups (broad SMARTS) is 1. The molecular formula is C22H18ClNO2S. The van der Waals surface area contributed by atoms with Gasteiger partial charge in [0.1, 0.15) is 5.69 Å². The molecule has 1 aliphatic carbocycles. The van der Waals surface area contributed by atoms with Gasteiger partial charge in [0.25, 0.3) is 0 Å². The van der Waals surface area contributed by atoms with Crippen LogP contribution < -0.4 is 0 Å². The number of carbonyl (C=O) groups is 1. The van der Waals surface area contributed by atoms with E-state index in [1.54, 1.807) is 17.4 Å². The lowest BCUT2D eigenvalue weighted by Gasteiger charge is -2.08. The average Bonchev–Trinajstić information content (AvgIpc) is 3.20. The van der Waals surface area contributed by atoms with Gasteiger partial charge in [0.05, 0.1) is 15.1 Å². The van der Waals surface area contributed by atoms with Gasteiger partial charge in [-0.3, -0.25) is 0 Å². The smallest absolute Gasteiger partial charge is 0.352 e. The van der Waals surface area contributed by atoms with E-state index in [4.69, 9.17) is 11.6 Å². The summed E-state index contributed by atoms with van der Waals surface area (Å²) in [6.07, 6.45) is 6.86. The molecule has 0 saturated heterocycles. The van der Waals surface area contributed by atoms with Gasteiger partial charge in [-0.25, -0.2) is 4.79 Å². The Kier molecular flexibility index (Phi) is 5.07.